The predicted octanol–water partition coefficient (Wildman–Crippen LogP) is 3.54. The molecular weight excluding hydrogens is 275 g/mol. The van der Waals surface area contributed by atoms with Gasteiger partial charge >= 0.3 is 0 Å². The van der Waals surface area contributed by atoms with Crippen molar-refractivity contribution in [1.29, 1.82) is 0 Å². The average molecular weight is 286 g/mol. The van der Waals surface area contributed by atoms with Gasteiger partial charge in [-0.1, -0.05) is 6.07 Å². The summed E-state index contributed by atoms with van der Waals surface area (Å²) in [6, 6.07) is 11.1. The molecule has 21 heavy (non-hydrogen) atoms. The molecule has 0 heterocycles. The lowest BCUT2D eigenvalue weighted by molar-refractivity contribution is -0.384. The number of ketones is 1. The van der Waals surface area contributed by atoms with E-state index in [1.165, 1.54) is 54.7 Å². The van der Waals surface area contributed by atoms with Crippen LogP contribution in [0.15, 0.2) is 60.8 Å². The van der Waals surface area contributed by atoms with Crippen molar-refractivity contribution in [2.45, 2.75) is 0 Å². The normalized spacial score (nSPS) is 10.5. The highest BCUT2D eigenvalue weighted by Crippen LogP contribution is 2.16. The van der Waals surface area contributed by atoms with Crippen molar-refractivity contribution in [3.63, 3.8) is 0 Å². The first-order valence-corrected chi connectivity index (χ1v) is 6.04. The Bertz CT molecular complexity index is 696. The maximum absolute atomic E-state index is 12.7. The van der Waals surface area contributed by atoms with Crippen LogP contribution in [0.1, 0.15) is 10.4 Å². The smallest absolute Gasteiger partial charge is 0.271 e. The highest BCUT2D eigenvalue weighted by molar-refractivity contribution is 6.04. The summed E-state index contributed by atoms with van der Waals surface area (Å²) in [6.07, 6.45) is 2.65. The third-order valence-corrected chi connectivity index (χ3v) is 2.67. The number of carbonyl (C=O) groups excluding carboxylic acids is 1. The van der Waals surface area contributed by atoms with E-state index < -0.39 is 10.7 Å². The van der Waals surface area contributed by atoms with Crippen LogP contribution in [0.3, 0.4) is 0 Å². The van der Waals surface area contributed by atoms with Crippen LogP contribution in [0, 0.1) is 15.9 Å². The number of rotatable bonds is 5. The van der Waals surface area contributed by atoms with Crippen LogP contribution in [0.4, 0.5) is 15.8 Å². The van der Waals surface area contributed by atoms with Crippen molar-refractivity contribution in [3.05, 3.63) is 82.3 Å². The Morgan fingerprint density at radius 2 is 1.90 bits per heavy atom. The molecule has 106 valence electrons. The largest absolute Gasteiger partial charge is 0.361 e. The molecule has 5 nitrogen and oxygen atoms in total. The fraction of sp³-hybridized carbons (Fsp3) is 0. The minimum atomic E-state index is -0.501. The molecule has 0 aliphatic heterocycles. The van der Waals surface area contributed by atoms with Crippen molar-refractivity contribution in [1.82, 2.24) is 0 Å². The number of nitrogens with zero attached hydrogens (tertiary/aromatic N) is 1. The summed E-state index contributed by atoms with van der Waals surface area (Å²) < 4.78 is 12.7. The first-order valence-electron chi connectivity index (χ1n) is 6.04. The number of benzene rings is 2. The number of allylic oxidation sites excluding steroid dienone is 1. The monoisotopic (exact) mass is 286 g/mol. The summed E-state index contributed by atoms with van der Waals surface area (Å²) in [5.41, 5.74) is 0.805. The molecule has 0 radical (unpaired) electrons. The van der Waals surface area contributed by atoms with Gasteiger partial charge in [-0.2, -0.15) is 0 Å². The van der Waals surface area contributed by atoms with Crippen LogP contribution in [0.25, 0.3) is 0 Å². The summed E-state index contributed by atoms with van der Waals surface area (Å²) in [5.74, 6) is -0.710. The van der Waals surface area contributed by atoms with Gasteiger partial charge in [0.15, 0.2) is 5.78 Å². The van der Waals surface area contributed by atoms with Gasteiger partial charge in [-0.3, -0.25) is 14.9 Å². The fourth-order valence-corrected chi connectivity index (χ4v) is 1.63. The Labute approximate surface area is 119 Å². The van der Waals surface area contributed by atoms with Crippen LogP contribution in [0.5, 0.6) is 0 Å². The molecule has 2 aromatic carbocycles. The van der Waals surface area contributed by atoms with Gasteiger partial charge in [-0.15, -0.1) is 0 Å². The zero-order valence-corrected chi connectivity index (χ0v) is 10.8. The van der Waals surface area contributed by atoms with Crippen molar-refractivity contribution in [2.24, 2.45) is 0 Å². The quantitative estimate of drug-likeness (QED) is 0.395. The number of halogens is 1. The van der Waals surface area contributed by atoms with Gasteiger partial charge in [0.25, 0.3) is 5.69 Å². The van der Waals surface area contributed by atoms with Crippen molar-refractivity contribution in [3.8, 4) is 0 Å². The number of non-ortho nitro benzene ring substituents is 1. The predicted molar refractivity (Wildman–Crippen MR) is 76.6 cm³/mol. The second-order valence-electron chi connectivity index (χ2n) is 4.16. The molecule has 0 unspecified atom stereocenters. The van der Waals surface area contributed by atoms with Gasteiger partial charge < -0.3 is 5.32 Å². The average Bonchev–Trinajstić information content (AvgIpc) is 2.48. The summed E-state index contributed by atoms with van der Waals surface area (Å²) in [5, 5.41) is 13.4. The molecule has 0 aliphatic carbocycles. The lowest BCUT2D eigenvalue weighted by atomic mass is 10.1. The summed E-state index contributed by atoms with van der Waals surface area (Å²) in [6.45, 7) is 0. The number of nitro groups is 1. The molecule has 2 aromatic rings. The summed E-state index contributed by atoms with van der Waals surface area (Å²) in [4.78, 5) is 21.9. The van der Waals surface area contributed by atoms with Gasteiger partial charge in [0.2, 0.25) is 0 Å². The molecule has 0 atom stereocenters. The van der Waals surface area contributed by atoms with Crippen molar-refractivity contribution in [2.75, 3.05) is 5.32 Å². The topological polar surface area (TPSA) is 72.2 Å². The van der Waals surface area contributed by atoms with E-state index in [-0.39, 0.29) is 11.5 Å². The SMILES string of the molecule is O=C(C=CNc1cccc([N+](=O)[O-])c1)c1ccc(F)cc1. The molecule has 0 spiro atoms. The summed E-state index contributed by atoms with van der Waals surface area (Å²) in [7, 11) is 0. The third kappa shape index (κ3) is 3.97. The Balaban J connectivity index is 2.02. The molecule has 0 saturated heterocycles. The van der Waals surface area contributed by atoms with E-state index in [9.17, 15) is 19.3 Å². The third-order valence-electron chi connectivity index (χ3n) is 2.67. The molecule has 0 saturated carbocycles. The maximum Gasteiger partial charge on any atom is 0.271 e. The number of carbonyl (C=O) groups is 1. The number of nitro benzene ring substituents is 1. The van der Waals surface area contributed by atoms with E-state index in [2.05, 4.69) is 5.32 Å². The Kier molecular flexibility index (Phi) is 4.40. The van der Waals surface area contributed by atoms with E-state index in [1.54, 1.807) is 6.07 Å². The molecule has 0 aromatic heterocycles. The minimum Gasteiger partial charge on any atom is -0.361 e. The number of nitrogens with one attached hydrogen (secondary N) is 1. The lowest BCUT2D eigenvalue weighted by Crippen LogP contribution is -1.96. The van der Waals surface area contributed by atoms with Gasteiger partial charge in [-0.25, -0.2) is 4.39 Å². The van der Waals surface area contributed by atoms with Gasteiger partial charge in [-0.05, 0) is 30.3 Å². The lowest BCUT2D eigenvalue weighted by Gasteiger charge is -2.00. The maximum atomic E-state index is 12.7. The van der Waals surface area contributed by atoms with E-state index in [4.69, 9.17) is 0 Å². The molecule has 0 amide bonds. The Morgan fingerprint density at radius 1 is 1.19 bits per heavy atom. The number of anilines is 1. The number of hydrogen-bond donors (Lipinski definition) is 1. The second kappa shape index (κ2) is 6.42. The Morgan fingerprint density at radius 3 is 2.57 bits per heavy atom. The molecule has 0 aliphatic rings. The van der Waals surface area contributed by atoms with E-state index in [0.29, 0.717) is 11.3 Å². The van der Waals surface area contributed by atoms with Gasteiger partial charge in [0.05, 0.1) is 4.92 Å². The molecule has 6 heteroatoms. The summed E-state index contributed by atoms with van der Waals surface area (Å²) >= 11 is 0. The Hall–Kier alpha value is -3.02. The van der Waals surface area contributed by atoms with Crippen LogP contribution >= 0.6 is 0 Å². The first kappa shape index (κ1) is 14.4. The minimum absolute atomic E-state index is 0.0433. The molecular formula is C15H11FN2O3. The standard InChI is InChI=1S/C15H11FN2O3/c16-12-6-4-11(5-7-12)15(19)8-9-17-13-2-1-3-14(10-13)18(20)21/h1-10,17H. The first-order chi connectivity index (χ1) is 10.1. The van der Waals surface area contributed by atoms with Gasteiger partial charge in [0.1, 0.15) is 5.82 Å². The molecule has 0 bridgehead atoms. The molecule has 0 fully saturated rings. The van der Waals surface area contributed by atoms with Gasteiger partial charge in [0, 0.05) is 35.7 Å². The number of hydrogen-bond acceptors (Lipinski definition) is 4. The molecule has 1 N–H and O–H groups in total. The van der Waals surface area contributed by atoms with Crippen molar-refractivity contribution < 1.29 is 14.1 Å². The highest BCUT2D eigenvalue weighted by Gasteiger charge is 2.05. The molecule has 2 rings (SSSR count). The van der Waals surface area contributed by atoms with Crippen LogP contribution < -0.4 is 5.32 Å². The van der Waals surface area contributed by atoms with Crippen LogP contribution in [-0.2, 0) is 0 Å². The van der Waals surface area contributed by atoms with E-state index in [0.717, 1.165) is 0 Å². The van der Waals surface area contributed by atoms with E-state index in [1.807, 2.05) is 0 Å². The van der Waals surface area contributed by atoms with Crippen LogP contribution in [0.2, 0.25) is 0 Å². The van der Waals surface area contributed by atoms with Crippen LogP contribution in [-0.4, -0.2) is 10.7 Å². The highest BCUT2D eigenvalue weighted by atomic mass is 19.1. The van der Waals surface area contributed by atoms with E-state index >= 15 is 0 Å². The van der Waals surface area contributed by atoms with Crippen molar-refractivity contribution >= 4 is 17.2 Å². The second-order valence-corrected chi connectivity index (χ2v) is 4.16. The fourth-order valence-electron chi connectivity index (χ4n) is 1.63. The zero-order chi connectivity index (χ0) is 15.2. The zero-order valence-electron chi connectivity index (χ0n) is 10.8.